The molecule has 2 rings (SSSR count). The molecule has 16 heavy (non-hydrogen) atoms. The Morgan fingerprint density at radius 2 is 1.69 bits per heavy atom. The van der Waals surface area contributed by atoms with Gasteiger partial charge in [0.2, 0.25) is 0 Å². The molecule has 2 aromatic rings. The van der Waals surface area contributed by atoms with Gasteiger partial charge in [-0.1, -0.05) is 18.2 Å². The summed E-state index contributed by atoms with van der Waals surface area (Å²) in [7, 11) is 0. The lowest BCUT2D eigenvalue weighted by Gasteiger charge is -2.11. The lowest BCUT2D eigenvalue weighted by atomic mass is 10.1. The number of para-hydroxylation sites is 1. The van der Waals surface area contributed by atoms with Crippen LogP contribution >= 0.6 is 0 Å². The van der Waals surface area contributed by atoms with E-state index >= 15 is 0 Å². The predicted octanol–water partition coefficient (Wildman–Crippen LogP) is 3.82. The predicted molar refractivity (Wildman–Crippen MR) is 66.7 cm³/mol. The molecule has 0 bridgehead atoms. The fourth-order valence-corrected chi connectivity index (χ4v) is 1.85. The first-order valence-corrected chi connectivity index (χ1v) is 5.51. The van der Waals surface area contributed by atoms with Crippen LogP contribution in [0.3, 0.4) is 0 Å². The Balaban J connectivity index is 2.14. The largest absolute Gasteiger partial charge is 0.467 e. The average molecular weight is 215 g/mol. The van der Waals surface area contributed by atoms with Crippen LogP contribution in [0.5, 0.6) is 0 Å². The molecule has 1 aromatic carbocycles. The third kappa shape index (κ3) is 2.11. The molecule has 1 heterocycles. The molecule has 0 fully saturated rings. The molecule has 2 nitrogen and oxygen atoms in total. The van der Waals surface area contributed by atoms with Gasteiger partial charge in [-0.15, -0.1) is 0 Å². The monoisotopic (exact) mass is 215 g/mol. The molecule has 0 saturated heterocycles. The Morgan fingerprint density at radius 3 is 2.25 bits per heavy atom. The molecule has 1 N–H and O–H groups in total. The quantitative estimate of drug-likeness (QED) is 0.842. The molecule has 0 aliphatic heterocycles. The van der Waals surface area contributed by atoms with E-state index in [1.54, 1.807) is 6.26 Å². The van der Waals surface area contributed by atoms with Gasteiger partial charge in [0, 0.05) is 5.69 Å². The number of benzene rings is 1. The van der Waals surface area contributed by atoms with Gasteiger partial charge in [-0.3, -0.25) is 0 Å². The van der Waals surface area contributed by atoms with Gasteiger partial charge in [-0.25, -0.2) is 0 Å². The molecular formula is C14H17NO. The second-order valence-corrected chi connectivity index (χ2v) is 4.15. The smallest absolute Gasteiger partial charge is 0.125 e. The molecule has 1 aromatic heterocycles. The number of aryl methyl sites for hydroxylation is 3. The molecule has 0 aliphatic rings. The highest BCUT2D eigenvalue weighted by atomic mass is 16.3. The van der Waals surface area contributed by atoms with Crippen molar-refractivity contribution in [3.63, 3.8) is 0 Å². The molecule has 0 spiro atoms. The van der Waals surface area contributed by atoms with Crippen LogP contribution in [0, 0.1) is 20.8 Å². The Morgan fingerprint density at radius 1 is 1.00 bits per heavy atom. The van der Waals surface area contributed by atoms with Gasteiger partial charge >= 0.3 is 0 Å². The molecule has 0 unspecified atom stereocenters. The third-order valence-electron chi connectivity index (χ3n) is 2.88. The van der Waals surface area contributed by atoms with Gasteiger partial charge in [-0.2, -0.15) is 0 Å². The Hall–Kier alpha value is -1.70. The lowest BCUT2D eigenvalue weighted by molar-refractivity contribution is 0.515. The van der Waals surface area contributed by atoms with E-state index in [0.29, 0.717) is 0 Å². The van der Waals surface area contributed by atoms with Crippen molar-refractivity contribution >= 4 is 5.69 Å². The van der Waals surface area contributed by atoms with Gasteiger partial charge in [0.05, 0.1) is 12.8 Å². The van der Waals surface area contributed by atoms with Gasteiger partial charge < -0.3 is 9.73 Å². The summed E-state index contributed by atoms with van der Waals surface area (Å²) in [6, 6.07) is 8.30. The van der Waals surface area contributed by atoms with Crippen LogP contribution in [-0.4, -0.2) is 0 Å². The summed E-state index contributed by atoms with van der Waals surface area (Å²) >= 11 is 0. The van der Waals surface area contributed by atoms with Crippen molar-refractivity contribution < 1.29 is 4.42 Å². The maximum Gasteiger partial charge on any atom is 0.125 e. The number of hydrogen-bond acceptors (Lipinski definition) is 2. The zero-order chi connectivity index (χ0) is 11.5. The van der Waals surface area contributed by atoms with E-state index in [-0.39, 0.29) is 0 Å². The first kappa shape index (κ1) is 10.8. The number of hydrogen-bond donors (Lipinski definition) is 1. The zero-order valence-corrected chi connectivity index (χ0v) is 10.0. The van der Waals surface area contributed by atoms with E-state index in [2.05, 4.69) is 44.3 Å². The second kappa shape index (κ2) is 4.44. The van der Waals surface area contributed by atoms with Crippen LogP contribution in [0.2, 0.25) is 0 Å². The minimum atomic E-state index is 0.741. The van der Waals surface area contributed by atoms with Gasteiger partial charge in [-0.05, 0) is 43.5 Å². The maximum absolute atomic E-state index is 5.40. The molecule has 0 radical (unpaired) electrons. The average Bonchev–Trinajstić information content (AvgIpc) is 2.64. The van der Waals surface area contributed by atoms with Gasteiger partial charge in [0.15, 0.2) is 0 Å². The minimum Gasteiger partial charge on any atom is -0.467 e. The summed E-state index contributed by atoms with van der Waals surface area (Å²) in [5, 5.41) is 3.43. The van der Waals surface area contributed by atoms with Crippen molar-refractivity contribution in [1.82, 2.24) is 0 Å². The second-order valence-electron chi connectivity index (χ2n) is 4.15. The van der Waals surface area contributed by atoms with Crippen LogP contribution in [-0.2, 0) is 6.54 Å². The van der Waals surface area contributed by atoms with Crippen LogP contribution in [0.25, 0.3) is 0 Å². The fourth-order valence-electron chi connectivity index (χ4n) is 1.85. The van der Waals surface area contributed by atoms with Crippen molar-refractivity contribution in [2.45, 2.75) is 27.3 Å². The Kier molecular flexibility index (Phi) is 3.00. The van der Waals surface area contributed by atoms with E-state index in [4.69, 9.17) is 4.42 Å². The maximum atomic E-state index is 5.40. The lowest BCUT2D eigenvalue weighted by Crippen LogP contribution is -2.02. The van der Waals surface area contributed by atoms with E-state index < -0.39 is 0 Å². The van der Waals surface area contributed by atoms with Crippen molar-refractivity contribution in [1.29, 1.82) is 0 Å². The molecule has 84 valence electrons. The molecule has 0 aliphatic carbocycles. The zero-order valence-electron chi connectivity index (χ0n) is 10.0. The molecule has 0 saturated carbocycles. The first-order chi connectivity index (χ1) is 7.68. The SMILES string of the molecule is Cc1ccoc1CNc1c(C)cccc1C. The van der Waals surface area contributed by atoms with Crippen molar-refractivity contribution in [3.8, 4) is 0 Å². The third-order valence-corrected chi connectivity index (χ3v) is 2.88. The normalized spacial score (nSPS) is 10.4. The van der Waals surface area contributed by atoms with Crippen molar-refractivity contribution in [2.75, 3.05) is 5.32 Å². The van der Waals surface area contributed by atoms with Crippen LogP contribution in [0.4, 0.5) is 5.69 Å². The van der Waals surface area contributed by atoms with Crippen molar-refractivity contribution in [2.24, 2.45) is 0 Å². The summed E-state index contributed by atoms with van der Waals surface area (Å²) in [6.07, 6.45) is 1.73. The van der Waals surface area contributed by atoms with E-state index in [9.17, 15) is 0 Å². The van der Waals surface area contributed by atoms with Crippen LogP contribution in [0.15, 0.2) is 34.9 Å². The van der Waals surface area contributed by atoms with E-state index in [1.807, 2.05) is 6.07 Å². The van der Waals surface area contributed by atoms with Gasteiger partial charge in [0.1, 0.15) is 5.76 Å². The summed E-state index contributed by atoms with van der Waals surface area (Å²) in [5.74, 6) is 1.00. The van der Waals surface area contributed by atoms with E-state index in [0.717, 1.165) is 12.3 Å². The topological polar surface area (TPSA) is 25.2 Å². The number of rotatable bonds is 3. The first-order valence-electron chi connectivity index (χ1n) is 5.51. The Bertz CT molecular complexity index is 465. The summed E-state index contributed by atoms with van der Waals surface area (Å²) in [6.45, 7) is 7.03. The molecule has 2 heteroatoms. The highest BCUT2D eigenvalue weighted by molar-refractivity contribution is 5.56. The molecule has 0 amide bonds. The summed E-state index contributed by atoms with van der Waals surface area (Å²) in [5.41, 5.74) is 4.94. The van der Waals surface area contributed by atoms with Crippen LogP contribution < -0.4 is 5.32 Å². The molecular weight excluding hydrogens is 198 g/mol. The summed E-state index contributed by atoms with van der Waals surface area (Å²) in [4.78, 5) is 0. The van der Waals surface area contributed by atoms with Gasteiger partial charge in [0.25, 0.3) is 0 Å². The number of nitrogens with one attached hydrogen (secondary N) is 1. The standard InChI is InChI=1S/C14H17NO/c1-10-7-8-16-13(10)9-15-14-11(2)5-4-6-12(14)3/h4-8,15H,9H2,1-3H3. The minimum absolute atomic E-state index is 0.741. The van der Waals surface area contributed by atoms with Crippen molar-refractivity contribution in [3.05, 3.63) is 53.0 Å². The fraction of sp³-hybridized carbons (Fsp3) is 0.286. The highest BCUT2D eigenvalue weighted by Gasteiger charge is 2.04. The summed E-state index contributed by atoms with van der Waals surface area (Å²) < 4.78 is 5.40. The Labute approximate surface area is 96.3 Å². The van der Waals surface area contributed by atoms with E-state index in [1.165, 1.54) is 22.4 Å². The molecule has 0 atom stereocenters. The number of furan rings is 1. The highest BCUT2D eigenvalue weighted by Crippen LogP contribution is 2.21. The number of anilines is 1. The van der Waals surface area contributed by atoms with Crippen LogP contribution in [0.1, 0.15) is 22.5 Å².